The summed E-state index contributed by atoms with van der Waals surface area (Å²) in [6.45, 7) is 6.19. The molecular formula is C24H30N4O6S. The van der Waals surface area contributed by atoms with Crippen LogP contribution in [0.4, 0.5) is 4.79 Å². The van der Waals surface area contributed by atoms with Crippen LogP contribution >= 0.6 is 0 Å². The number of ether oxygens (including phenoxy) is 1. The number of nitrogens with zero attached hydrogens (tertiary/aromatic N) is 3. The Bertz CT molecular complexity index is 1230. The number of hydrogen-bond acceptors (Lipinski definition) is 7. The van der Waals surface area contributed by atoms with Crippen molar-refractivity contribution in [2.24, 2.45) is 11.8 Å². The Morgan fingerprint density at radius 2 is 2.06 bits per heavy atom. The molecule has 3 aliphatic rings. The number of hydroxylamine groups is 1. The lowest BCUT2D eigenvalue weighted by Crippen LogP contribution is -2.50. The molecule has 1 unspecified atom stereocenters. The maximum atomic E-state index is 12.7. The number of nitrogens with one attached hydrogen (secondary N) is 1. The second kappa shape index (κ2) is 10.0. The smallest absolute Gasteiger partial charge is 0.328 e. The van der Waals surface area contributed by atoms with Crippen LogP contribution in [0, 0.1) is 35.5 Å². The van der Waals surface area contributed by atoms with Crippen molar-refractivity contribution in [1.29, 1.82) is 0 Å². The molecule has 0 radical (unpaired) electrons. The van der Waals surface area contributed by atoms with Crippen LogP contribution in [0.15, 0.2) is 12.3 Å². The Morgan fingerprint density at radius 1 is 1.31 bits per heavy atom. The quantitative estimate of drug-likeness (QED) is 0.312. The summed E-state index contributed by atoms with van der Waals surface area (Å²) in [5.74, 6) is 12.0. The van der Waals surface area contributed by atoms with Gasteiger partial charge in [0.15, 0.2) is 14.6 Å². The maximum Gasteiger partial charge on any atom is 0.328 e. The fraction of sp³-hybridized carbons (Fsp3) is 0.583. The van der Waals surface area contributed by atoms with Crippen molar-refractivity contribution in [3.8, 4) is 23.7 Å². The van der Waals surface area contributed by atoms with Crippen molar-refractivity contribution < 1.29 is 28.0 Å². The molecule has 0 aromatic carbocycles. The number of amides is 2. The molecule has 11 heteroatoms. The fourth-order valence-electron chi connectivity index (χ4n) is 4.37. The summed E-state index contributed by atoms with van der Waals surface area (Å²) in [7, 11) is -3.83. The third-order valence-electron chi connectivity index (χ3n) is 7.03. The van der Waals surface area contributed by atoms with Crippen LogP contribution in [0.2, 0.25) is 0 Å². The number of aromatic nitrogens is 1. The van der Waals surface area contributed by atoms with Gasteiger partial charge in [0, 0.05) is 55.8 Å². The summed E-state index contributed by atoms with van der Waals surface area (Å²) in [6, 6.07) is 1.49. The van der Waals surface area contributed by atoms with E-state index in [1.165, 1.54) is 21.9 Å². The number of rotatable bonds is 7. The molecule has 1 aromatic rings. The van der Waals surface area contributed by atoms with Crippen molar-refractivity contribution >= 4 is 21.8 Å². The zero-order valence-corrected chi connectivity index (χ0v) is 20.7. The van der Waals surface area contributed by atoms with Crippen molar-refractivity contribution in [1.82, 2.24) is 19.8 Å². The highest BCUT2D eigenvalue weighted by molar-refractivity contribution is 7.92. The molecule has 2 aliphatic heterocycles. The van der Waals surface area contributed by atoms with Gasteiger partial charge in [-0.05, 0) is 43.6 Å². The van der Waals surface area contributed by atoms with Gasteiger partial charge in [0.1, 0.15) is 0 Å². The molecule has 4 rings (SSSR count). The second-order valence-corrected chi connectivity index (χ2v) is 12.0. The molecule has 2 N–H and O–H groups in total. The number of carbonyl (C=O) groups is 2. The van der Waals surface area contributed by atoms with Gasteiger partial charge in [0.25, 0.3) is 5.91 Å². The third-order valence-corrected chi connectivity index (χ3v) is 9.06. The average Bonchev–Trinajstić information content (AvgIpc) is 3.32. The molecule has 1 saturated carbocycles. The Hall–Kier alpha value is -2.83. The summed E-state index contributed by atoms with van der Waals surface area (Å²) in [4.78, 5) is 28.6. The van der Waals surface area contributed by atoms with Gasteiger partial charge in [-0.1, -0.05) is 11.8 Å². The molecule has 2 amide bonds. The molecule has 1 aromatic heterocycles. The van der Waals surface area contributed by atoms with E-state index in [0.717, 1.165) is 51.2 Å². The van der Waals surface area contributed by atoms with Gasteiger partial charge in [-0.15, -0.1) is 0 Å². The van der Waals surface area contributed by atoms with Crippen LogP contribution in [-0.2, 0) is 25.9 Å². The summed E-state index contributed by atoms with van der Waals surface area (Å²) in [5, 5.41) is 8.94. The first-order chi connectivity index (χ1) is 16.6. The van der Waals surface area contributed by atoms with Crippen LogP contribution in [0.3, 0.4) is 0 Å². The van der Waals surface area contributed by atoms with E-state index in [2.05, 4.69) is 28.6 Å². The molecule has 1 saturated heterocycles. The van der Waals surface area contributed by atoms with Crippen molar-refractivity contribution in [2.75, 3.05) is 45.6 Å². The van der Waals surface area contributed by atoms with E-state index in [1.807, 2.05) is 0 Å². The predicted molar refractivity (Wildman–Crippen MR) is 127 cm³/mol. The summed E-state index contributed by atoms with van der Waals surface area (Å²) in [6.07, 6.45) is 3.53. The van der Waals surface area contributed by atoms with Gasteiger partial charge in [0.05, 0.1) is 19.8 Å². The minimum atomic E-state index is -3.83. The highest BCUT2D eigenvalue weighted by atomic mass is 32.2. The standard InChI is InChI=1S/C24H30N4O6S/c1-24(22(29)25-31,35(2,32)33)7-8-27-17-21-13-18(15-28(21)23(27)30)5-3-4-6-19-14-20(19)16-26-9-11-34-12-10-26/h13,15,19-20,31H,7-12,14,16-17H2,1-2H3,(H,25,29)/t19-,20+,24?/m1/s1. The van der Waals surface area contributed by atoms with E-state index in [0.29, 0.717) is 17.4 Å². The van der Waals surface area contributed by atoms with E-state index >= 15 is 0 Å². The molecule has 35 heavy (non-hydrogen) atoms. The van der Waals surface area contributed by atoms with Crippen LogP contribution < -0.4 is 5.48 Å². The van der Waals surface area contributed by atoms with E-state index in [-0.39, 0.29) is 25.5 Å². The topological polar surface area (TPSA) is 121 Å². The van der Waals surface area contributed by atoms with E-state index in [9.17, 15) is 18.0 Å². The Morgan fingerprint density at radius 3 is 2.71 bits per heavy atom. The lowest BCUT2D eigenvalue weighted by molar-refractivity contribution is -0.131. The molecule has 188 valence electrons. The average molecular weight is 503 g/mol. The number of sulfone groups is 1. The monoisotopic (exact) mass is 502 g/mol. The van der Waals surface area contributed by atoms with Gasteiger partial charge >= 0.3 is 6.03 Å². The molecule has 2 fully saturated rings. The Labute approximate surface area is 205 Å². The van der Waals surface area contributed by atoms with Gasteiger partial charge < -0.3 is 9.64 Å². The molecule has 1 aliphatic carbocycles. The maximum absolute atomic E-state index is 12.7. The molecule has 3 heterocycles. The van der Waals surface area contributed by atoms with Gasteiger partial charge in [-0.3, -0.25) is 19.5 Å². The number of fused-ring (bicyclic) bond motifs is 1. The third kappa shape index (κ3) is 5.54. The molecule has 0 spiro atoms. The van der Waals surface area contributed by atoms with Crippen LogP contribution in [0.5, 0.6) is 0 Å². The summed E-state index contributed by atoms with van der Waals surface area (Å²) in [5.41, 5.74) is 2.83. The largest absolute Gasteiger partial charge is 0.379 e. The van der Waals surface area contributed by atoms with Gasteiger partial charge in [-0.25, -0.2) is 18.7 Å². The Balaban J connectivity index is 1.30. The Kier molecular flexibility index (Phi) is 7.25. The summed E-state index contributed by atoms with van der Waals surface area (Å²) < 4.78 is 29.2. The van der Waals surface area contributed by atoms with Crippen LogP contribution in [0.25, 0.3) is 0 Å². The van der Waals surface area contributed by atoms with Crippen molar-refractivity contribution in [3.05, 3.63) is 23.5 Å². The fourth-order valence-corrected chi connectivity index (χ4v) is 5.22. The molecular weight excluding hydrogens is 472 g/mol. The highest BCUT2D eigenvalue weighted by Gasteiger charge is 2.44. The second-order valence-electron chi connectivity index (χ2n) is 9.52. The molecule has 0 bridgehead atoms. The van der Waals surface area contributed by atoms with Crippen LogP contribution in [-0.4, -0.2) is 90.3 Å². The molecule has 10 nitrogen and oxygen atoms in total. The van der Waals surface area contributed by atoms with E-state index in [1.54, 1.807) is 12.3 Å². The molecule has 3 atom stereocenters. The normalized spacial score (nSPS) is 23.4. The number of hydrogen-bond donors (Lipinski definition) is 2. The van der Waals surface area contributed by atoms with E-state index in [4.69, 9.17) is 9.94 Å². The minimum absolute atomic E-state index is 0.0387. The van der Waals surface area contributed by atoms with E-state index < -0.39 is 20.5 Å². The zero-order chi connectivity index (χ0) is 25.2. The van der Waals surface area contributed by atoms with Crippen LogP contribution in [0.1, 0.15) is 31.0 Å². The zero-order valence-electron chi connectivity index (χ0n) is 19.9. The van der Waals surface area contributed by atoms with Gasteiger partial charge in [0.2, 0.25) is 0 Å². The lowest BCUT2D eigenvalue weighted by Gasteiger charge is -2.27. The van der Waals surface area contributed by atoms with Crippen molar-refractivity contribution in [2.45, 2.75) is 31.1 Å². The first kappa shape index (κ1) is 25.3. The first-order valence-electron chi connectivity index (χ1n) is 11.6. The highest BCUT2D eigenvalue weighted by Crippen LogP contribution is 2.38. The summed E-state index contributed by atoms with van der Waals surface area (Å²) >= 11 is 0. The lowest BCUT2D eigenvalue weighted by atomic mass is 10.1. The van der Waals surface area contributed by atoms with Crippen molar-refractivity contribution in [3.63, 3.8) is 0 Å². The SMILES string of the molecule is CC(CCN1Cc2cc(C#CC#C[C@@H]3C[C@H]3CN3CCOCC3)cn2C1=O)(C(=O)NO)S(C)(=O)=O. The number of morpholine rings is 1. The minimum Gasteiger partial charge on any atom is -0.379 e. The predicted octanol–water partition coefficient (Wildman–Crippen LogP) is 0.294. The van der Waals surface area contributed by atoms with Gasteiger partial charge in [-0.2, -0.15) is 0 Å². The first-order valence-corrected chi connectivity index (χ1v) is 13.5. The number of carbonyl (C=O) groups excluding carboxylic acids is 2.